The summed E-state index contributed by atoms with van der Waals surface area (Å²) in [6.45, 7) is 0.904. The summed E-state index contributed by atoms with van der Waals surface area (Å²) in [6.07, 6.45) is -0.0958. The second-order valence-electron chi connectivity index (χ2n) is 4.21. The Kier molecular flexibility index (Phi) is 3.61. The molecule has 0 saturated heterocycles. The van der Waals surface area contributed by atoms with Gasteiger partial charge in [-0.05, 0) is 19.8 Å². The minimum atomic E-state index is -4.51. The van der Waals surface area contributed by atoms with E-state index in [1.807, 2.05) is 0 Å². The van der Waals surface area contributed by atoms with Gasteiger partial charge in [0.2, 0.25) is 0 Å². The highest BCUT2D eigenvalue weighted by atomic mass is 19.4. The van der Waals surface area contributed by atoms with E-state index in [1.165, 1.54) is 6.07 Å². The van der Waals surface area contributed by atoms with Crippen molar-refractivity contribution < 1.29 is 13.2 Å². The van der Waals surface area contributed by atoms with Crippen molar-refractivity contribution in [3.63, 3.8) is 0 Å². The molecule has 15 heavy (non-hydrogen) atoms. The van der Waals surface area contributed by atoms with Crippen LogP contribution >= 0.6 is 0 Å². The third-order valence-corrected chi connectivity index (χ3v) is 2.89. The lowest BCUT2D eigenvalue weighted by atomic mass is 9.92. The first-order chi connectivity index (χ1) is 6.89. The molecule has 86 valence electrons. The molecule has 0 bridgehead atoms. The van der Waals surface area contributed by atoms with Crippen molar-refractivity contribution in [3.05, 3.63) is 0 Å². The molecule has 0 aromatic rings. The van der Waals surface area contributed by atoms with Crippen LogP contribution in [0.3, 0.4) is 0 Å². The van der Waals surface area contributed by atoms with E-state index < -0.39 is 11.7 Å². The SMILES string of the molecule is CC(C#N)(NC1CCCCC1)C(F)(F)F. The van der Waals surface area contributed by atoms with E-state index in [2.05, 4.69) is 5.32 Å². The van der Waals surface area contributed by atoms with Crippen LogP contribution in [-0.4, -0.2) is 17.8 Å². The molecule has 1 saturated carbocycles. The fourth-order valence-electron chi connectivity index (χ4n) is 1.83. The summed E-state index contributed by atoms with van der Waals surface area (Å²) < 4.78 is 37.7. The number of alkyl halides is 3. The first kappa shape index (κ1) is 12.3. The average molecular weight is 220 g/mol. The van der Waals surface area contributed by atoms with Crippen molar-refractivity contribution in [2.24, 2.45) is 0 Å². The number of nitriles is 1. The number of hydrogen-bond donors (Lipinski definition) is 1. The molecule has 0 aromatic carbocycles. The normalized spacial score (nSPS) is 23.1. The molecule has 2 nitrogen and oxygen atoms in total. The van der Waals surface area contributed by atoms with Crippen LogP contribution in [0.15, 0.2) is 0 Å². The van der Waals surface area contributed by atoms with Gasteiger partial charge in [-0.1, -0.05) is 19.3 Å². The van der Waals surface area contributed by atoms with Gasteiger partial charge >= 0.3 is 6.18 Å². The quantitative estimate of drug-likeness (QED) is 0.776. The van der Waals surface area contributed by atoms with Crippen molar-refractivity contribution in [1.29, 1.82) is 5.26 Å². The summed E-state index contributed by atoms with van der Waals surface area (Å²) >= 11 is 0. The first-order valence-corrected chi connectivity index (χ1v) is 5.15. The number of halogens is 3. The van der Waals surface area contributed by atoms with Gasteiger partial charge in [0.15, 0.2) is 5.54 Å². The Labute approximate surface area is 87.5 Å². The summed E-state index contributed by atoms with van der Waals surface area (Å²) in [5.74, 6) is 0. The third kappa shape index (κ3) is 2.85. The van der Waals surface area contributed by atoms with Crippen LogP contribution < -0.4 is 5.32 Å². The Bertz CT molecular complexity index is 250. The van der Waals surface area contributed by atoms with Gasteiger partial charge in [-0.2, -0.15) is 18.4 Å². The second kappa shape index (κ2) is 4.40. The van der Waals surface area contributed by atoms with E-state index in [9.17, 15) is 13.2 Å². The highest BCUT2D eigenvalue weighted by molar-refractivity contribution is 5.10. The molecule has 0 radical (unpaired) electrons. The van der Waals surface area contributed by atoms with E-state index in [1.54, 1.807) is 0 Å². The molecule has 5 heteroatoms. The lowest BCUT2D eigenvalue weighted by Gasteiger charge is -2.32. The minimum absolute atomic E-state index is 0.176. The van der Waals surface area contributed by atoms with E-state index in [0.29, 0.717) is 0 Å². The number of nitrogens with one attached hydrogen (secondary N) is 1. The van der Waals surface area contributed by atoms with Crippen LogP contribution in [-0.2, 0) is 0 Å². The molecule has 0 spiro atoms. The van der Waals surface area contributed by atoms with E-state index in [0.717, 1.165) is 39.0 Å². The van der Waals surface area contributed by atoms with E-state index >= 15 is 0 Å². The maximum absolute atomic E-state index is 12.6. The molecule has 1 aliphatic carbocycles. The molecular weight excluding hydrogens is 205 g/mol. The van der Waals surface area contributed by atoms with Crippen molar-refractivity contribution in [2.75, 3.05) is 0 Å². The zero-order chi connectivity index (χ0) is 11.5. The zero-order valence-corrected chi connectivity index (χ0v) is 8.69. The zero-order valence-electron chi connectivity index (χ0n) is 8.69. The Hall–Kier alpha value is -0.760. The van der Waals surface area contributed by atoms with Crippen molar-refractivity contribution >= 4 is 0 Å². The molecule has 1 rings (SSSR count). The minimum Gasteiger partial charge on any atom is -0.289 e. The van der Waals surface area contributed by atoms with Gasteiger partial charge in [0.05, 0.1) is 6.07 Å². The van der Waals surface area contributed by atoms with Crippen molar-refractivity contribution in [3.8, 4) is 6.07 Å². The molecule has 0 amide bonds. The molecule has 1 fully saturated rings. The van der Waals surface area contributed by atoms with Crippen molar-refractivity contribution in [1.82, 2.24) is 5.32 Å². The van der Waals surface area contributed by atoms with Crippen LogP contribution in [0.1, 0.15) is 39.0 Å². The molecule has 1 N–H and O–H groups in total. The summed E-state index contributed by atoms with van der Waals surface area (Å²) in [6, 6.07) is 1.15. The van der Waals surface area contributed by atoms with Gasteiger partial charge in [0.1, 0.15) is 0 Å². The lowest BCUT2D eigenvalue weighted by molar-refractivity contribution is -0.176. The topological polar surface area (TPSA) is 35.8 Å². The molecule has 1 aliphatic rings. The second-order valence-corrected chi connectivity index (χ2v) is 4.21. The monoisotopic (exact) mass is 220 g/mol. The Morgan fingerprint density at radius 2 is 1.73 bits per heavy atom. The maximum atomic E-state index is 12.6. The van der Waals surface area contributed by atoms with Crippen LogP contribution in [0, 0.1) is 11.3 Å². The summed E-state index contributed by atoms with van der Waals surface area (Å²) in [7, 11) is 0. The van der Waals surface area contributed by atoms with Crippen LogP contribution in [0.2, 0.25) is 0 Å². The predicted octanol–water partition coefficient (Wildman–Crippen LogP) is 2.75. The largest absolute Gasteiger partial charge is 0.419 e. The van der Waals surface area contributed by atoms with Crippen LogP contribution in [0.5, 0.6) is 0 Å². The number of hydrogen-bond acceptors (Lipinski definition) is 2. The van der Waals surface area contributed by atoms with E-state index in [-0.39, 0.29) is 6.04 Å². The van der Waals surface area contributed by atoms with Gasteiger partial charge < -0.3 is 0 Å². The Morgan fingerprint density at radius 3 is 2.13 bits per heavy atom. The van der Waals surface area contributed by atoms with Crippen LogP contribution in [0.25, 0.3) is 0 Å². The molecule has 1 atom stereocenters. The molecule has 0 aliphatic heterocycles. The summed E-state index contributed by atoms with van der Waals surface area (Å²) in [5, 5.41) is 11.1. The first-order valence-electron chi connectivity index (χ1n) is 5.15. The van der Waals surface area contributed by atoms with Gasteiger partial charge in [-0.3, -0.25) is 5.32 Å². The summed E-state index contributed by atoms with van der Waals surface area (Å²) in [4.78, 5) is 0. The number of nitrogens with zero attached hydrogens (tertiary/aromatic N) is 1. The lowest BCUT2D eigenvalue weighted by Crippen LogP contribution is -2.57. The standard InChI is InChI=1S/C10H15F3N2/c1-9(7-14,10(11,12)13)15-8-5-3-2-4-6-8/h8,15H,2-6H2,1H3. The van der Waals surface area contributed by atoms with Gasteiger partial charge in [-0.25, -0.2) is 0 Å². The average Bonchev–Trinajstić information content (AvgIpc) is 2.17. The van der Waals surface area contributed by atoms with Gasteiger partial charge in [0.25, 0.3) is 0 Å². The number of rotatable bonds is 2. The molecule has 0 heterocycles. The Morgan fingerprint density at radius 1 is 1.20 bits per heavy atom. The highest BCUT2D eigenvalue weighted by Crippen LogP contribution is 2.31. The fraction of sp³-hybridized carbons (Fsp3) is 0.900. The smallest absolute Gasteiger partial charge is 0.289 e. The fourth-order valence-corrected chi connectivity index (χ4v) is 1.83. The Balaban J connectivity index is 2.64. The van der Waals surface area contributed by atoms with Crippen LogP contribution in [0.4, 0.5) is 13.2 Å². The van der Waals surface area contributed by atoms with Gasteiger partial charge in [0, 0.05) is 6.04 Å². The molecule has 0 aromatic heterocycles. The maximum Gasteiger partial charge on any atom is 0.419 e. The molecule has 1 unspecified atom stereocenters. The molecular formula is C10H15F3N2. The third-order valence-electron chi connectivity index (χ3n) is 2.89. The highest BCUT2D eigenvalue weighted by Gasteiger charge is 2.52. The van der Waals surface area contributed by atoms with Gasteiger partial charge in [-0.15, -0.1) is 0 Å². The predicted molar refractivity (Wildman–Crippen MR) is 50.1 cm³/mol. The van der Waals surface area contributed by atoms with E-state index in [4.69, 9.17) is 5.26 Å². The van der Waals surface area contributed by atoms with Crippen molar-refractivity contribution in [2.45, 2.75) is 56.8 Å². The summed E-state index contributed by atoms with van der Waals surface area (Å²) in [5.41, 5.74) is -2.41.